The monoisotopic (exact) mass is 216 g/mol. The minimum absolute atomic E-state index is 1.10. The van der Waals surface area contributed by atoms with E-state index >= 15 is 0 Å². The molecule has 0 aliphatic carbocycles. The van der Waals surface area contributed by atoms with Gasteiger partial charge in [-0.2, -0.15) is 0 Å². The first-order valence-electron chi connectivity index (χ1n) is 1.26. The molecule has 0 atom stereocenters. The van der Waals surface area contributed by atoms with Gasteiger partial charge in [-0.15, -0.1) is 0 Å². The number of hydrogen-bond acceptors (Lipinski definition) is 0. The second kappa shape index (κ2) is 2.07. The Morgan fingerprint density at radius 3 is 1.83 bits per heavy atom. The highest BCUT2D eigenvalue weighted by atomic mass is 79.9. The third-order valence-corrected chi connectivity index (χ3v) is 0.879. The van der Waals surface area contributed by atoms with Gasteiger partial charge in [0.25, 0.3) is 0 Å². The zero-order valence-electron chi connectivity index (χ0n) is 2.92. The molecule has 0 aliphatic rings. The maximum absolute atomic E-state index is 11.8. The Kier molecular flexibility index (Phi) is 2.29. The van der Waals surface area contributed by atoms with E-state index in [1.54, 1.807) is 0 Å². The van der Waals surface area contributed by atoms with E-state index in [9.17, 15) is 4.39 Å². The molecule has 0 amide bonds. The zero-order valence-corrected chi connectivity index (χ0v) is 6.09. The third-order valence-electron chi connectivity index (χ3n) is 0.231. The van der Waals surface area contributed by atoms with Crippen molar-refractivity contribution in [1.82, 2.24) is 0 Å². The highest BCUT2D eigenvalue weighted by Gasteiger charge is 2.12. The zero-order chi connectivity index (χ0) is 5.21. The first-order chi connectivity index (χ1) is 2.56. The van der Waals surface area contributed by atoms with Gasteiger partial charge < -0.3 is 0 Å². The quantitative estimate of drug-likeness (QED) is 0.468. The smallest absolute Gasteiger partial charge is 0.214 e. The van der Waals surface area contributed by atoms with Crippen molar-refractivity contribution in [1.29, 1.82) is 0 Å². The molecular weight excluding hydrogens is 215 g/mol. The van der Waals surface area contributed by atoms with Crippen molar-refractivity contribution in [2.75, 3.05) is 0 Å². The molecule has 0 nitrogen and oxygen atoms in total. The molecule has 0 spiro atoms. The molecule has 36 valence electrons. The van der Waals surface area contributed by atoms with Gasteiger partial charge in [-0.3, -0.25) is 0 Å². The fourth-order valence-electron chi connectivity index (χ4n) is 0. The molecule has 0 aromatic heterocycles. The maximum Gasteiger partial charge on any atom is 0.236 e. The summed E-state index contributed by atoms with van der Waals surface area (Å²) < 4.78 is 10.3. The largest absolute Gasteiger partial charge is 0.236 e. The highest BCUT2D eigenvalue weighted by molar-refractivity contribution is 9.25. The van der Waals surface area contributed by atoms with Gasteiger partial charge in [0.15, 0.2) is 0 Å². The molecule has 0 heterocycles. The van der Waals surface area contributed by atoms with Crippen molar-refractivity contribution in [2.24, 2.45) is 0 Å². The second-order valence-corrected chi connectivity index (χ2v) is 4.12. The maximum atomic E-state index is 11.8. The molecule has 0 radical (unpaired) electrons. The summed E-state index contributed by atoms with van der Waals surface area (Å²) in [6, 6.07) is 0. The molecule has 0 fully saturated rings. The lowest BCUT2D eigenvalue weighted by Gasteiger charge is -1.97. The minimum atomic E-state index is -1.57. The molecule has 0 saturated carbocycles. The van der Waals surface area contributed by atoms with Gasteiger partial charge in [0.2, 0.25) is 3.49 Å². The first kappa shape index (κ1) is 6.63. The lowest BCUT2D eigenvalue weighted by atomic mass is 10.7. The van der Waals surface area contributed by atoms with Gasteiger partial charge in [-0.05, 0) is 37.9 Å². The summed E-state index contributed by atoms with van der Waals surface area (Å²) in [4.78, 5) is 0. The lowest BCUT2D eigenvalue weighted by molar-refractivity contribution is 0.500. The molecule has 3 heteroatoms. The molecule has 0 N–H and O–H groups in total. The van der Waals surface area contributed by atoms with Crippen molar-refractivity contribution in [3.05, 3.63) is 12.7 Å². The molecular formula is C3H3Br2F. The van der Waals surface area contributed by atoms with Crippen LogP contribution in [0.25, 0.3) is 0 Å². The summed E-state index contributed by atoms with van der Waals surface area (Å²) in [7, 11) is 0. The Hall–Kier alpha value is 0.630. The molecule has 0 aromatic rings. The average molecular weight is 218 g/mol. The van der Waals surface area contributed by atoms with Gasteiger partial charge in [0.1, 0.15) is 0 Å². The van der Waals surface area contributed by atoms with Crippen LogP contribution in [-0.2, 0) is 0 Å². The molecule has 0 unspecified atom stereocenters. The van der Waals surface area contributed by atoms with Crippen LogP contribution >= 0.6 is 31.9 Å². The molecule has 0 aliphatic heterocycles. The van der Waals surface area contributed by atoms with Gasteiger partial charge >= 0.3 is 0 Å². The molecule has 0 aromatic carbocycles. The molecule has 0 saturated heterocycles. The number of alkyl halides is 3. The summed E-state index contributed by atoms with van der Waals surface area (Å²) in [5.74, 6) is 0. The Balaban J connectivity index is 3.45. The third kappa shape index (κ3) is 4.63. The number of allylic oxidation sites excluding steroid dienone is 1. The van der Waals surface area contributed by atoms with E-state index in [0.717, 1.165) is 6.08 Å². The summed E-state index contributed by atoms with van der Waals surface area (Å²) >= 11 is 5.22. The van der Waals surface area contributed by atoms with Crippen LogP contribution in [0.3, 0.4) is 0 Å². The van der Waals surface area contributed by atoms with Crippen LogP contribution in [-0.4, -0.2) is 3.49 Å². The van der Waals surface area contributed by atoms with E-state index in [2.05, 4.69) is 38.4 Å². The second-order valence-electron chi connectivity index (χ2n) is 0.746. The van der Waals surface area contributed by atoms with E-state index in [0.29, 0.717) is 0 Å². The number of rotatable bonds is 1. The van der Waals surface area contributed by atoms with Crippen LogP contribution in [0.2, 0.25) is 0 Å². The SMILES string of the molecule is C=CC(F)(Br)Br. The summed E-state index contributed by atoms with van der Waals surface area (Å²) in [6.07, 6.45) is 1.10. The van der Waals surface area contributed by atoms with Crippen LogP contribution in [0.4, 0.5) is 4.39 Å². The predicted octanol–water partition coefficient (Wildman–Crippen LogP) is 2.59. The Bertz CT molecular complexity index is 54.3. The highest BCUT2D eigenvalue weighted by Crippen LogP contribution is 2.27. The average Bonchev–Trinajstić information content (AvgIpc) is 1.35. The van der Waals surface area contributed by atoms with Crippen molar-refractivity contribution >= 4 is 31.9 Å². The van der Waals surface area contributed by atoms with E-state index < -0.39 is 3.49 Å². The van der Waals surface area contributed by atoms with Crippen LogP contribution in [0, 0.1) is 0 Å². The van der Waals surface area contributed by atoms with Crippen molar-refractivity contribution < 1.29 is 4.39 Å². The fourth-order valence-corrected chi connectivity index (χ4v) is 0. The number of hydrogen-bond donors (Lipinski definition) is 0. The first-order valence-corrected chi connectivity index (χ1v) is 2.85. The summed E-state index contributed by atoms with van der Waals surface area (Å²) in [5.41, 5.74) is 0. The van der Waals surface area contributed by atoms with Crippen LogP contribution < -0.4 is 0 Å². The molecule has 0 bridgehead atoms. The summed E-state index contributed by atoms with van der Waals surface area (Å²) in [5, 5.41) is 0. The van der Waals surface area contributed by atoms with E-state index in [1.807, 2.05) is 0 Å². The van der Waals surface area contributed by atoms with Gasteiger partial charge in [0.05, 0.1) is 0 Å². The van der Waals surface area contributed by atoms with Crippen LogP contribution in [0.15, 0.2) is 12.7 Å². The lowest BCUT2D eigenvalue weighted by Crippen LogP contribution is -1.91. The fraction of sp³-hybridized carbons (Fsp3) is 0.333. The molecule has 6 heavy (non-hydrogen) atoms. The minimum Gasteiger partial charge on any atom is -0.214 e. The molecule has 0 rings (SSSR count). The van der Waals surface area contributed by atoms with E-state index in [4.69, 9.17) is 0 Å². The Labute approximate surface area is 52.7 Å². The topological polar surface area (TPSA) is 0 Å². The Morgan fingerprint density at radius 2 is 1.83 bits per heavy atom. The van der Waals surface area contributed by atoms with E-state index in [1.165, 1.54) is 0 Å². The van der Waals surface area contributed by atoms with E-state index in [-0.39, 0.29) is 0 Å². The van der Waals surface area contributed by atoms with Crippen LogP contribution in [0.5, 0.6) is 0 Å². The normalized spacial score (nSPS) is 11.2. The van der Waals surface area contributed by atoms with Gasteiger partial charge in [-0.1, -0.05) is 6.58 Å². The van der Waals surface area contributed by atoms with Gasteiger partial charge in [-0.25, -0.2) is 4.39 Å². The summed E-state index contributed by atoms with van der Waals surface area (Å²) in [6.45, 7) is 3.16. The van der Waals surface area contributed by atoms with Crippen molar-refractivity contribution in [2.45, 2.75) is 3.49 Å². The number of halogens is 3. The Morgan fingerprint density at radius 1 is 1.67 bits per heavy atom. The van der Waals surface area contributed by atoms with Crippen LogP contribution in [0.1, 0.15) is 0 Å². The van der Waals surface area contributed by atoms with Crippen molar-refractivity contribution in [3.63, 3.8) is 0 Å². The predicted molar refractivity (Wildman–Crippen MR) is 31.9 cm³/mol. The van der Waals surface area contributed by atoms with Gasteiger partial charge in [0, 0.05) is 0 Å². The van der Waals surface area contributed by atoms with Crippen molar-refractivity contribution in [3.8, 4) is 0 Å². The standard InChI is InChI=1S/C3H3Br2F/c1-2-3(4,5)6/h2H,1H2.